The molecule has 0 fully saturated rings. The van der Waals surface area contributed by atoms with Gasteiger partial charge in [0.1, 0.15) is 22.9 Å². The molecule has 14 rings (SSSR count). The van der Waals surface area contributed by atoms with Gasteiger partial charge in [0.05, 0.1) is 38.8 Å². The molecule has 0 atom stereocenters. The van der Waals surface area contributed by atoms with Gasteiger partial charge in [-0.15, -0.1) is 0 Å². The van der Waals surface area contributed by atoms with E-state index in [1.165, 1.54) is 55.6 Å². The summed E-state index contributed by atoms with van der Waals surface area (Å²) >= 11 is 0. The Morgan fingerprint density at radius 3 is 1.29 bits per heavy atom. The van der Waals surface area contributed by atoms with Gasteiger partial charge in [-0.05, 0) is 153 Å². The lowest BCUT2D eigenvalue weighted by atomic mass is 9.90. The summed E-state index contributed by atoms with van der Waals surface area (Å²) in [6.45, 7) is 13.4. The van der Waals surface area contributed by atoms with E-state index in [9.17, 15) is 0 Å². The van der Waals surface area contributed by atoms with Gasteiger partial charge in [-0.2, -0.15) is 0 Å². The van der Waals surface area contributed by atoms with Crippen LogP contribution in [0.1, 0.15) is 75.4 Å². The van der Waals surface area contributed by atoms with Gasteiger partial charge in [0.15, 0.2) is 0 Å². The van der Waals surface area contributed by atoms with Crippen molar-refractivity contribution in [3.05, 3.63) is 258 Å². The Labute approximate surface area is 478 Å². The quantitative estimate of drug-likeness (QED) is 0.129. The van der Waals surface area contributed by atoms with Gasteiger partial charge in [-0.1, -0.05) is 199 Å². The van der Waals surface area contributed by atoms with Crippen LogP contribution in [0.15, 0.2) is 225 Å². The molecule has 0 aliphatic rings. The molecule has 7 heteroatoms. The highest BCUT2D eigenvalue weighted by Gasteiger charge is 2.25. The van der Waals surface area contributed by atoms with Crippen molar-refractivity contribution < 1.29 is 0 Å². The normalized spacial score (nSPS) is 12.2. The predicted octanol–water partition coefficient (Wildman–Crippen LogP) is 18.3. The fourth-order valence-corrected chi connectivity index (χ4v) is 12.1. The molecule has 7 nitrogen and oxygen atoms in total. The lowest BCUT2D eigenvalue weighted by Crippen LogP contribution is -2.19. The number of rotatable bonds is 11. The van der Waals surface area contributed by atoms with E-state index in [0.29, 0.717) is 0 Å². The molecule has 398 valence electrons. The zero-order valence-corrected chi connectivity index (χ0v) is 47.3. The highest BCUT2D eigenvalue weighted by molar-refractivity contribution is 5.98. The molecule has 0 aliphatic carbocycles. The van der Waals surface area contributed by atoms with E-state index in [4.69, 9.17) is 24.9 Å². The zero-order valence-electron chi connectivity index (χ0n) is 47.3. The van der Waals surface area contributed by atoms with Crippen LogP contribution in [0, 0.1) is 0 Å². The molecule has 5 aromatic heterocycles. The summed E-state index contributed by atoms with van der Waals surface area (Å²) in [5.74, 6) is 2.03. The van der Waals surface area contributed by atoms with Gasteiger partial charge >= 0.3 is 0 Å². The van der Waals surface area contributed by atoms with E-state index in [1.54, 1.807) is 0 Å². The number of hydrogen-bond acceptors (Lipinski definition) is 5. The Morgan fingerprint density at radius 1 is 0.317 bits per heavy atom. The molecule has 0 saturated carbocycles. The summed E-state index contributed by atoms with van der Waals surface area (Å²) in [5.41, 5.74) is 24.3. The van der Waals surface area contributed by atoms with E-state index < -0.39 is 0 Å². The van der Waals surface area contributed by atoms with Gasteiger partial charge in [-0.3, -0.25) is 13.8 Å². The van der Waals surface area contributed by atoms with Gasteiger partial charge in [0.2, 0.25) is 0 Å². The van der Waals surface area contributed by atoms with E-state index >= 15 is 0 Å². The third-order valence-electron chi connectivity index (χ3n) is 16.2. The van der Waals surface area contributed by atoms with Crippen molar-refractivity contribution >= 4 is 55.2 Å². The highest BCUT2D eigenvalue weighted by Crippen LogP contribution is 2.38. The van der Waals surface area contributed by atoms with Crippen LogP contribution < -0.4 is 0 Å². The smallest absolute Gasteiger partial charge is 0.148 e. The standard InChI is InChI=1S/C75H63N7/c1-74(2,3)72-79-66-45-48(28-38-61(66)70-77-63-20-12-14-22-68(63)81(70)72)24-26-50-42-51(27-25-49-29-39-62-67(46-49)80-73(75(4,5)6)82-69-23-15-13-21-64(69)78-71(62)82)44-58(43-50)60-19-11-10-18-59(60)55-34-36-56(37-35-55)65-47-57(40-41-76-65)54-32-30-53(31-33-54)52-16-8-7-9-17-52/h7-23,28-47H,24-27H2,1-6H3. The van der Waals surface area contributed by atoms with Gasteiger partial charge in [-0.25, -0.2) is 19.9 Å². The maximum absolute atomic E-state index is 5.39. The van der Waals surface area contributed by atoms with Crippen LogP contribution in [-0.2, 0) is 36.5 Å². The third-order valence-corrected chi connectivity index (χ3v) is 16.2. The zero-order chi connectivity index (χ0) is 55.7. The van der Waals surface area contributed by atoms with E-state index in [1.807, 2.05) is 6.20 Å². The molecular weight excluding hydrogens is 999 g/mol. The number of pyridine rings is 1. The Morgan fingerprint density at radius 2 is 0.756 bits per heavy atom. The number of nitrogens with zero attached hydrogens (tertiary/aromatic N) is 7. The van der Waals surface area contributed by atoms with Crippen LogP contribution in [-0.4, -0.2) is 33.7 Å². The van der Waals surface area contributed by atoms with Crippen molar-refractivity contribution in [2.75, 3.05) is 0 Å². The maximum Gasteiger partial charge on any atom is 0.148 e. The van der Waals surface area contributed by atoms with E-state index in [0.717, 1.165) is 115 Å². The molecule has 0 unspecified atom stereocenters. The SMILES string of the molecule is CC(C)(C)c1nc2cc(CCc3cc(CCc4ccc5c(c4)nc(C(C)(C)C)n4c6ccccc6nc54)cc(-c4ccccc4-c4ccc(-c5cc(-c6ccc(-c7ccccc7)cc6)ccn5)cc4)c3)ccc2c2nc3ccccc3n12. The van der Waals surface area contributed by atoms with Crippen LogP contribution in [0.4, 0.5) is 0 Å². The first-order chi connectivity index (χ1) is 39.9. The first-order valence-electron chi connectivity index (χ1n) is 28.7. The molecule has 82 heavy (non-hydrogen) atoms. The lowest BCUT2D eigenvalue weighted by molar-refractivity contribution is 0.542. The van der Waals surface area contributed by atoms with Crippen LogP contribution in [0.5, 0.6) is 0 Å². The molecule has 0 radical (unpaired) electrons. The number of imidazole rings is 2. The summed E-state index contributed by atoms with van der Waals surface area (Å²) < 4.78 is 4.52. The monoisotopic (exact) mass is 1060 g/mol. The average Bonchev–Trinajstić information content (AvgIpc) is 4.05. The van der Waals surface area contributed by atoms with Gasteiger partial charge < -0.3 is 0 Å². The average molecular weight is 1060 g/mol. The number of benzene rings is 9. The second kappa shape index (κ2) is 20.2. The van der Waals surface area contributed by atoms with Crippen molar-refractivity contribution in [2.24, 2.45) is 0 Å². The fourth-order valence-electron chi connectivity index (χ4n) is 12.1. The summed E-state index contributed by atoms with van der Waals surface area (Å²) in [5, 5.41) is 2.13. The number of para-hydroxylation sites is 4. The second-order valence-electron chi connectivity index (χ2n) is 24.1. The number of hydrogen-bond donors (Lipinski definition) is 0. The predicted molar refractivity (Wildman–Crippen MR) is 340 cm³/mol. The summed E-state index contributed by atoms with van der Waals surface area (Å²) in [6.07, 6.45) is 5.40. The second-order valence-corrected chi connectivity index (χ2v) is 24.1. The Kier molecular flexibility index (Phi) is 12.5. The van der Waals surface area contributed by atoms with Crippen LogP contribution in [0.3, 0.4) is 0 Å². The van der Waals surface area contributed by atoms with Crippen molar-refractivity contribution in [1.82, 2.24) is 33.7 Å². The molecule has 9 aromatic carbocycles. The minimum atomic E-state index is -0.193. The number of fused-ring (bicyclic) bond motifs is 10. The summed E-state index contributed by atoms with van der Waals surface area (Å²) in [4.78, 5) is 26.0. The first-order valence-corrected chi connectivity index (χ1v) is 28.7. The number of aromatic nitrogens is 7. The minimum Gasteiger partial charge on any atom is -0.279 e. The van der Waals surface area contributed by atoms with Crippen molar-refractivity contribution in [2.45, 2.75) is 78.1 Å². The molecule has 0 N–H and O–H groups in total. The van der Waals surface area contributed by atoms with Gasteiger partial charge in [0.25, 0.3) is 0 Å². The first kappa shape index (κ1) is 50.6. The van der Waals surface area contributed by atoms with Crippen molar-refractivity contribution in [3.63, 3.8) is 0 Å². The minimum absolute atomic E-state index is 0.193. The Balaban J connectivity index is 0.797. The van der Waals surface area contributed by atoms with E-state index in [2.05, 4.69) is 269 Å². The lowest BCUT2D eigenvalue weighted by Gasteiger charge is -2.21. The third kappa shape index (κ3) is 9.46. The number of aryl methyl sites for hydroxylation is 4. The molecule has 0 bridgehead atoms. The summed E-state index contributed by atoms with van der Waals surface area (Å²) in [7, 11) is 0. The highest BCUT2D eigenvalue weighted by atomic mass is 15.1. The van der Waals surface area contributed by atoms with Crippen LogP contribution in [0.2, 0.25) is 0 Å². The molecule has 0 aliphatic heterocycles. The Hall–Kier alpha value is -9.59. The molecule has 0 spiro atoms. The van der Waals surface area contributed by atoms with Crippen molar-refractivity contribution in [1.29, 1.82) is 0 Å². The van der Waals surface area contributed by atoms with E-state index in [-0.39, 0.29) is 10.8 Å². The summed E-state index contributed by atoms with van der Waals surface area (Å²) in [6, 6.07) is 79.1. The molecule has 5 heterocycles. The maximum atomic E-state index is 5.39. The largest absolute Gasteiger partial charge is 0.279 e. The Bertz CT molecular complexity index is 4550. The molecule has 0 saturated heterocycles. The molecular formula is C75H63N7. The van der Waals surface area contributed by atoms with Crippen LogP contribution >= 0.6 is 0 Å². The van der Waals surface area contributed by atoms with Crippen LogP contribution in [0.25, 0.3) is 111 Å². The van der Waals surface area contributed by atoms with Crippen molar-refractivity contribution in [3.8, 4) is 55.8 Å². The van der Waals surface area contributed by atoms with Gasteiger partial charge in [0, 0.05) is 33.4 Å². The fraction of sp³-hybridized carbons (Fsp3) is 0.160. The molecule has 0 amide bonds. The topological polar surface area (TPSA) is 73.3 Å². The molecule has 14 aromatic rings.